The summed E-state index contributed by atoms with van der Waals surface area (Å²) in [6, 6.07) is 2.98. The van der Waals surface area contributed by atoms with Gasteiger partial charge in [-0.2, -0.15) is 0 Å². The van der Waals surface area contributed by atoms with E-state index in [1.807, 2.05) is 0 Å². The van der Waals surface area contributed by atoms with Crippen LogP contribution in [0.1, 0.15) is 31.9 Å². The maximum atomic E-state index is 12.5. The first-order valence-corrected chi connectivity index (χ1v) is 7.12. The molecule has 4 nitrogen and oxygen atoms in total. The molecule has 6 heteroatoms. The van der Waals surface area contributed by atoms with E-state index in [0.717, 1.165) is 0 Å². The maximum absolute atomic E-state index is 12.5. The number of halogens is 2. The van der Waals surface area contributed by atoms with Gasteiger partial charge in [-0.3, -0.25) is 4.79 Å². The second-order valence-electron chi connectivity index (χ2n) is 5.21. The lowest BCUT2D eigenvalue weighted by Crippen LogP contribution is -2.38. The Hall–Kier alpha value is -1.52. The van der Waals surface area contributed by atoms with Crippen molar-refractivity contribution in [3.8, 4) is 0 Å². The van der Waals surface area contributed by atoms with Gasteiger partial charge < -0.3 is 9.84 Å². The number of rotatable bonds is 2. The van der Waals surface area contributed by atoms with Gasteiger partial charge in [0.05, 0.1) is 22.1 Å². The van der Waals surface area contributed by atoms with Gasteiger partial charge in [-0.15, -0.1) is 0 Å². The molecule has 0 aliphatic heterocycles. The predicted molar refractivity (Wildman–Crippen MR) is 80.7 cm³/mol. The largest absolute Gasteiger partial charge is 0.506 e. The van der Waals surface area contributed by atoms with E-state index in [1.54, 1.807) is 20.8 Å². The first kappa shape index (κ1) is 15.9. The standard InChI is InChI=1S/C15H14Cl2O4/c1-4-21-14(20)11-12(18)7-5-9(16)10(17)6-8(7)15(2,3)13(11)19/h5-6,18H,4H2,1-3H3. The number of aliphatic hydroxyl groups excluding tert-OH is 1. The second-order valence-corrected chi connectivity index (χ2v) is 6.02. The van der Waals surface area contributed by atoms with E-state index in [1.165, 1.54) is 12.1 Å². The highest BCUT2D eigenvalue weighted by atomic mass is 35.5. The zero-order valence-corrected chi connectivity index (χ0v) is 13.3. The molecular formula is C15H14Cl2O4. The van der Waals surface area contributed by atoms with Crippen molar-refractivity contribution in [1.29, 1.82) is 0 Å². The number of aliphatic hydroxyl groups is 1. The Morgan fingerprint density at radius 2 is 1.86 bits per heavy atom. The number of esters is 1. The monoisotopic (exact) mass is 328 g/mol. The molecule has 21 heavy (non-hydrogen) atoms. The van der Waals surface area contributed by atoms with Gasteiger partial charge in [-0.1, -0.05) is 23.2 Å². The average Bonchev–Trinajstić information content (AvgIpc) is 2.40. The van der Waals surface area contributed by atoms with Crippen LogP contribution in [0.15, 0.2) is 17.7 Å². The molecule has 112 valence electrons. The normalized spacial score (nSPS) is 16.7. The lowest BCUT2D eigenvalue weighted by atomic mass is 9.71. The number of benzene rings is 1. The van der Waals surface area contributed by atoms with Gasteiger partial charge in [-0.25, -0.2) is 4.79 Å². The molecule has 0 unspecified atom stereocenters. The molecule has 1 aliphatic rings. The molecule has 0 saturated carbocycles. The van der Waals surface area contributed by atoms with E-state index in [4.69, 9.17) is 27.9 Å². The number of ketones is 1. The lowest BCUT2D eigenvalue weighted by molar-refractivity contribution is -0.140. The minimum absolute atomic E-state index is 0.109. The van der Waals surface area contributed by atoms with Gasteiger partial charge in [0.2, 0.25) is 0 Å². The summed E-state index contributed by atoms with van der Waals surface area (Å²) in [6.45, 7) is 5.05. The SMILES string of the molecule is CCOC(=O)C1=C(O)c2cc(Cl)c(Cl)cc2C(C)(C)C1=O. The summed E-state index contributed by atoms with van der Waals surface area (Å²) in [5.74, 6) is -1.78. The Balaban J connectivity index is 2.76. The van der Waals surface area contributed by atoms with Crippen LogP contribution in [0.2, 0.25) is 10.0 Å². The van der Waals surface area contributed by atoms with Gasteiger partial charge in [-0.05, 0) is 38.5 Å². The summed E-state index contributed by atoms with van der Waals surface area (Å²) < 4.78 is 4.85. The van der Waals surface area contributed by atoms with Crippen molar-refractivity contribution in [2.75, 3.05) is 6.61 Å². The third kappa shape index (κ3) is 2.43. The van der Waals surface area contributed by atoms with Crippen molar-refractivity contribution >= 4 is 40.7 Å². The van der Waals surface area contributed by atoms with E-state index in [-0.39, 0.29) is 22.2 Å². The Kier molecular flexibility index (Phi) is 4.04. The Bertz CT molecular complexity index is 674. The van der Waals surface area contributed by atoms with Crippen LogP contribution < -0.4 is 0 Å². The molecule has 1 aromatic rings. The van der Waals surface area contributed by atoms with Gasteiger partial charge >= 0.3 is 5.97 Å². The van der Waals surface area contributed by atoms with E-state index in [9.17, 15) is 14.7 Å². The lowest BCUT2D eigenvalue weighted by Gasteiger charge is -2.31. The minimum Gasteiger partial charge on any atom is -0.506 e. The van der Waals surface area contributed by atoms with Crippen LogP contribution in [0.25, 0.3) is 5.76 Å². The van der Waals surface area contributed by atoms with E-state index in [2.05, 4.69) is 0 Å². The van der Waals surface area contributed by atoms with Crippen molar-refractivity contribution in [3.63, 3.8) is 0 Å². The number of carbonyl (C=O) groups excluding carboxylic acids is 2. The van der Waals surface area contributed by atoms with Gasteiger partial charge in [0.15, 0.2) is 5.78 Å². The van der Waals surface area contributed by atoms with Gasteiger partial charge in [0, 0.05) is 5.56 Å². The van der Waals surface area contributed by atoms with Crippen molar-refractivity contribution < 1.29 is 19.4 Å². The molecule has 1 aliphatic carbocycles. The number of hydrogen-bond donors (Lipinski definition) is 1. The molecule has 0 aromatic heterocycles. The number of fused-ring (bicyclic) bond motifs is 1. The molecule has 1 aromatic carbocycles. The molecule has 0 radical (unpaired) electrons. The van der Waals surface area contributed by atoms with Crippen LogP contribution in [0, 0.1) is 0 Å². The first-order valence-electron chi connectivity index (χ1n) is 6.36. The molecule has 0 amide bonds. The molecule has 0 spiro atoms. The van der Waals surface area contributed by atoms with E-state index < -0.39 is 22.9 Å². The summed E-state index contributed by atoms with van der Waals surface area (Å²) in [5, 5.41) is 10.8. The topological polar surface area (TPSA) is 63.6 Å². The highest BCUT2D eigenvalue weighted by Crippen LogP contribution is 2.42. The molecule has 1 N–H and O–H groups in total. The quantitative estimate of drug-likeness (QED) is 0.664. The van der Waals surface area contributed by atoms with Crippen LogP contribution in [-0.4, -0.2) is 23.5 Å². The summed E-state index contributed by atoms with van der Waals surface area (Å²) in [7, 11) is 0. The number of Topliss-reactive ketones (excluding diaryl/α,β-unsaturated/α-hetero) is 1. The third-order valence-electron chi connectivity index (χ3n) is 3.50. The molecule has 0 bridgehead atoms. The predicted octanol–water partition coefficient (Wildman–Crippen LogP) is 3.69. The minimum atomic E-state index is -1.02. The van der Waals surface area contributed by atoms with Crippen LogP contribution in [0.3, 0.4) is 0 Å². The number of hydrogen-bond acceptors (Lipinski definition) is 4. The average molecular weight is 329 g/mol. The molecule has 0 heterocycles. The smallest absolute Gasteiger partial charge is 0.345 e. The Labute approximate surface area is 132 Å². The van der Waals surface area contributed by atoms with Crippen LogP contribution in [0.5, 0.6) is 0 Å². The number of ether oxygens (including phenoxy) is 1. The van der Waals surface area contributed by atoms with Crippen LogP contribution in [-0.2, 0) is 19.7 Å². The van der Waals surface area contributed by atoms with E-state index in [0.29, 0.717) is 11.1 Å². The molecular weight excluding hydrogens is 315 g/mol. The fourth-order valence-corrected chi connectivity index (χ4v) is 2.66. The van der Waals surface area contributed by atoms with Crippen LogP contribution in [0.4, 0.5) is 0 Å². The van der Waals surface area contributed by atoms with E-state index >= 15 is 0 Å². The second kappa shape index (κ2) is 5.35. The van der Waals surface area contributed by atoms with Gasteiger partial charge in [0.1, 0.15) is 11.3 Å². The summed E-state index contributed by atoms with van der Waals surface area (Å²) >= 11 is 11.9. The summed E-state index contributed by atoms with van der Waals surface area (Å²) in [6.07, 6.45) is 0. The first-order chi connectivity index (χ1) is 9.71. The van der Waals surface area contributed by atoms with Crippen molar-refractivity contribution in [1.82, 2.24) is 0 Å². The highest BCUT2D eigenvalue weighted by molar-refractivity contribution is 6.42. The summed E-state index contributed by atoms with van der Waals surface area (Å²) in [4.78, 5) is 24.5. The third-order valence-corrected chi connectivity index (χ3v) is 4.22. The zero-order valence-electron chi connectivity index (χ0n) is 11.8. The Morgan fingerprint density at radius 3 is 2.43 bits per heavy atom. The molecule has 0 fully saturated rings. The van der Waals surface area contributed by atoms with Crippen LogP contribution >= 0.6 is 23.2 Å². The fourth-order valence-electron chi connectivity index (χ4n) is 2.33. The maximum Gasteiger partial charge on any atom is 0.345 e. The molecule has 0 atom stereocenters. The van der Waals surface area contributed by atoms with Gasteiger partial charge in [0.25, 0.3) is 0 Å². The highest BCUT2D eigenvalue weighted by Gasteiger charge is 2.44. The number of carbonyl (C=O) groups is 2. The zero-order chi connectivity index (χ0) is 15.9. The Morgan fingerprint density at radius 1 is 1.29 bits per heavy atom. The van der Waals surface area contributed by atoms with Crippen molar-refractivity contribution in [2.45, 2.75) is 26.2 Å². The fraction of sp³-hybridized carbons (Fsp3) is 0.333. The molecule has 0 saturated heterocycles. The van der Waals surface area contributed by atoms with Crippen molar-refractivity contribution in [2.24, 2.45) is 0 Å². The summed E-state index contributed by atoms with van der Waals surface area (Å²) in [5.41, 5.74) is -0.532. The van der Waals surface area contributed by atoms with Crippen molar-refractivity contribution in [3.05, 3.63) is 38.9 Å². The molecule has 2 rings (SSSR count).